The molecule has 0 spiro atoms. The van der Waals surface area contributed by atoms with Crippen molar-refractivity contribution in [1.82, 2.24) is 19.5 Å². The van der Waals surface area contributed by atoms with Gasteiger partial charge in [0.2, 0.25) is 10.0 Å². The monoisotopic (exact) mass is 334 g/mol. The number of aromatic nitrogens is 3. The molecule has 0 saturated carbocycles. The Morgan fingerprint density at radius 3 is 2.70 bits per heavy atom. The van der Waals surface area contributed by atoms with Crippen LogP contribution in [0.4, 0.5) is 0 Å². The molecule has 0 bridgehead atoms. The predicted molar refractivity (Wildman–Crippen MR) is 89.4 cm³/mol. The van der Waals surface area contributed by atoms with Crippen molar-refractivity contribution < 1.29 is 8.42 Å². The number of rotatable bonds is 4. The minimum absolute atomic E-state index is 0.482. The number of aryl methyl sites for hydroxylation is 1. The van der Waals surface area contributed by atoms with Gasteiger partial charge in [-0.1, -0.05) is 6.07 Å². The SMILES string of the molecule is Cc1cc(-c2ncccc2CC2CCN(S(C)(=O)=O)CC2)n[nH]1. The summed E-state index contributed by atoms with van der Waals surface area (Å²) >= 11 is 0. The minimum atomic E-state index is -3.06. The number of pyridine rings is 1. The Kier molecular flexibility index (Phi) is 4.50. The number of piperidine rings is 1. The van der Waals surface area contributed by atoms with Crippen molar-refractivity contribution in [2.45, 2.75) is 26.2 Å². The summed E-state index contributed by atoms with van der Waals surface area (Å²) in [5.41, 5.74) is 3.98. The second kappa shape index (κ2) is 6.41. The van der Waals surface area contributed by atoms with Crippen molar-refractivity contribution in [3.8, 4) is 11.4 Å². The summed E-state index contributed by atoms with van der Waals surface area (Å²) in [6.45, 7) is 3.20. The van der Waals surface area contributed by atoms with E-state index in [1.165, 1.54) is 11.8 Å². The van der Waals surface area contributed by atoms with E-state index in [4.69, 9.17) is 0 Å². The molecular weight excluding hydrogens is 312 g/mol. The number of hydrogen-bond acceptors (Lipinski definition) is 4. The first kappa shape index (κ1) is 16.1. The molecule has 1 aliphatic heterocycles. The topological polar surface area (TPSA) is 79.0 Å². The number of nitrogens with zero attached hydrogens (tertiary/aromatic N) is 3. The highest BCUT2D eigenvalue weighted by Crippen LogP contribution is 2.27. The third kappa shape index (κ3) is 3.79. The normalized spacial score (nSPS) is 17.5. The lowest BCUT2D eigenvalue weighted by Gasteiger charge is -2.30. The number of aromatic amines is 1. The highest BCUT2D eigenvalue weighted by atomic mass is 32.2. The molecule has 2 aromatic rings. The van der Waals surface area contributed by atoms with Crippen LogP contribution in [0.25, 0.3) is 11.4 Å². The number of sulfonamides is 1. The average Bonchev–Trinajstić information content (AvgIpc) is 2.94. The minimum Gasteiger partial charge on any atom is -0.282 e. The van der Waals surface area contributed by atoms with Gasteiger partial charge in [-0.05, 0) is 49.8 Å². The van der Waals surface area contributed by atoms with Crippen molar-refractivity contribution in [2.24, 2.45) is 5.92 Å². The molecule has 0 aromatic carbocycles. The lowest BCUT2D eigenvalue weighted by molar-refractivity contribution is 0.274. The Balaban J connectivity index is 1.72. The van der Waals surface area contributed by atoms with E-state index in [1.807, 2.05) is 19.1 Å². The molecule has 1 N–H and O–H groups in total. The molecule has 1 saturated heterocycles. The van der Waals surface area contributed by atoms with E-state index in [1.54, 1.807) is 10.5 Å². The largest absolute Gasteiger partial charge is 0.282 e. The average molecular weight is 334 g/mol. The quantitative estimate of drug-likeness (QED) is 0.927. The Morgan fingerprint density at radius 2 is 2.09 bits per heavy atom. The summed E-state index contributed by atoms with van der Waals surface area (Å²) in [5.74, 6) is 0.482. The van der Waals surface area contributed by atoms with Crippen LogP contribution in [0.3, 0.4) is 0 Å². The van der Waals surface area contributed by atoms with E-state index in [0.29, 0.717) is 19.0 Å². The van der Waals surface area contributed by atoms with E-state index in [0.717, 1.165) is 36.3 Å². The molecule has 0 aliphatic carbocycles. The van der Waals surface area contributed by atoms with Gasteiger partial charge in [-0.15, -0.1) is 0 Å². The standard InChI is InChI=1S/C16H22N4O2S/c1-12-10-15(19-18-12)16-14(4-3-7-17-16)11-13-5-8-20(9-6-13)23(2,21)22/h3-4,7,10,13H,5-6,8-9,11H2,1-2H3,(H,18,19). The van der Waals surface area contributed by atoms with Gasteiger partial charge >= 0.3 is 0 Å². The van der Waals surface area contributed by atoms with E-state index >= 15 is 0 Å². The summed E-state index contributed by atoms with van der Waals surface area (Å²) in [4.78, 5) is 4.49. The fourth-order valence-corrected chi connectivity index (χ4v) is 4.00. The Bertz CT molecular complexity index is 777. The van der Waals surface area contributed by atoms with Crippen LogP contribution >= 0.6 is 0 Å². The zero-order valence-electron chi connectivity index (χ0n) is 13.5. The lowest BCUT2D eigenvalue weighted by Crippen LogP contribution is -2.38. The molecule has 0 radical (unpaired) electrons. The van der Waals surface area contributed by atoms with Gasteiger partial charge in [-0.2, -0.15) is 5.10 Å². The van der Waals surface area contributed by atoms with Crippen molar-refractivity contribution >= 4 is 10.0 Å². The van der Waals surface area contributed by atoms with Gasteiger partial charge in [0.15, 0.2) is 0 Å². The van der Waals surface area contributed by atoms with Gasteiger partial charge in [0.25, 0.3) is 0 Å². The van der Waals surface area contributed by atoms with Gasteiger partial charge in [-0.3, -0.25) is 10.1 Å². The zero-order chi connectivity index (χ0) is 16.4. The number of nitrogens with one attached hydrogen (secondary N) is 1. The van der Waals surface area contributed by atoms with Crippen LogP contribution in [-0.2, 0) is 16.4 Å². The van der Waals surface area contributed by atoms with Gasteiger partial charge in [0, 0.05) is 25.0 Å². The summed E-state index contributed by atoms with van der Waals surface area (Å²) in [7, 11) is -3.06. The molecule has 1 aliphatic rings. The van der Waals surface area contributed by atoms with Crippen LogP contribution in [0.5, 0.6) is 0 Å². The van der Waals surface area contributed by atoms with E-state index in [9.17, 15) is 8.42 Å². The van der Waals surface area contributed by atoms with Crippen molar-refractivity contribution in [2.75, 3.05) is 19.3 Å². The Morgan fingerprint density at radius 1 is 1.35 bits per heavy atom. The van der Waals surface area contributed by atoms with Crippen LogP contribution in [0.2, 0.25) is 0 Å². The maximum Gasteiger partial charge on any atom is 0.211 e. The summed E-state index contributed by atoms with van der Waals surface area (Å²) in [5, 5.41) is 7.27. The molecule has 3 rings (SSSR count). The number of H-pyrrole nitrogens is 1. The lowest BCUT2D eigenvalue weighted by atomic mass is 9.90. The Labute approximate surface area is 137 Å². The maximum atomic E-state index is 11.6. The van der Waals surface area contributed by atoms with Gasteiger partial charge in [0.1, 0.15) is 5.69 Å². The van der Waals surface area contributed by atoms with Crippen LogP contribution in [0.1, 0.15) is 24.1 Å². The first-order chi connectivity index (χ1) is 10.9. The number of hydrogen-bond donors (Lipinski definition) is 1. The third-order valence-electron chi connectivity index (χ3n) is 4.39. The van der Waals surface area contributed by atoms with Crippen molar-refractivity contribution in [3.63, 3.8) is 0 Å². The smallest absolute Gasteiger partial charge is 0.211 e. The third-order valence-corrected chi connectivity index (χ3v) is 5.69. The molecule has 0 unspecified atom stereocenters. The molecule has 0 atom stereocenters. The summed E-state index contributed by atoms with van der Waals surface area (Å²) in [6, 6.07) is 6.04. The first-order valence-electron chi connectivity index (χ1n) is 7.85. The molecule has 1 fully saturated rings. The van der Waals surface area contributed by atoms with Gasteiger partial charge < -0.3 is 0 Å². The van der Waals surface area contributed by atoms with Gasteiger partial charge in [-0.25, -0.2) is 12.7 Å². The predicted octanol–water partition coefficient (Wildman–Crippen LogP) is 1.99. The molecule has 3 heterocycles. The first-order valence-corrected chi connectivity index (χ1v) is 9.69. The summed E-state index contributed by atoms with van der Waals surface area (Å²) in [6.07, 6.45) is 5.76. The highest BCUT2D eigenvalue weighted by molar-refractivity contribution is 7.88. The zero-order valence-corrected chi connectivity index (χ0v) is 14.3. The highest BCUT2D eigenvalue weighted by Gasteiger charge is 2.25. The summed E-state index contributed by atoms with van der Waals surface area (Å²) < 4.78 is 24.8. The Hall–Kier alpha value is -1.73. The van der Waals surface area contributed by atoms with Crippen LogP contribution in [0.15, 0.2) is 24.4 Å². The molecule has 6 nitrogen and oxygen atoms in total. The molecule has 7 heteroatoms. The van der Waals surface area contributed by atoms with Crippen LogP contribution in [-0.4, -0.2) is 47.2 Å². The molecule has 0 amide bonds. The maximum absolute atomic E-state index is 11.6. The molecular formula is C16H22N4O2S. The van der Waals surface area contributed by atoms with Crippen molar-refractivity contribution in [3.05, 3.63) is 35.7 Å². The fraction of sp³-hybridized carbons (Fsp3) is 0.500. The molecule has 23 heavy (non-hydrogen) atoms. The van der Waals surface area contributed by atoms with Crippen molar-refractivity contribution in [1.29, 1.82) is 0 Å². The molecule has 2 aromatic heterocycles. The molecule has 124 valence electrons. The second-order valence-corrected chi connectivity index (χ2v) is 8.24. The van der Waals surface area contributed by atoms with Crippen LogP contribution in [0, 0.1) is 12.8 Å². The fourth-order valence-electron chi connectivity index (χ4n) is 3.13. The van der Waals surface area contributed by atoms with E-state index in [-0.39, 0.29) is 0 Å². The van der Waals surface area contributed by atoms with Gasteiger partial charge in [0.05, 0.1) is 11.9 Å². The van der Waals surface area contributed by atoms with E-state index < -0.39 is 10.0 Å². The van der Waals surface area contributed by atoms with E-state index in [2.05, 4.69) is 21.2 Å². The second-order valence-electron chi connectivity index (χ2n) is 6.26. The van der Waals surface area contributed by atoms with Crippen LogP contribution < -0.4 is 0 Å².